The normalized spacial score (nSPS) is 17.3. The molecule has 1 aliphatic carbocycles. The maximum absolute atomic E-state index is 10.5. The number of aromatic nitrogens is 1. The zero-order valence-corrected chi connectivity index (χ0v) is 9.64. The number of hydrogen-bond donors (Lipinski definition) is 2. The summed E-state index contributed by atoms with van der Waals surface area (Å²) >= 11 is 0. The summed E-state index contributed by atoms with van der Waals surface area (Å²) in [5.41, 5.74) is 0.0631. The van der Waals surface area contributed by atoms with Gasteiger partial charge in [-0.05, 0) is 31.7 Å². The van der Waals surface area contributed by atoms with Gasteiger partial charge in [0.1, 0.15) is 12.0 Å². The third kappa shape index (κ3) is 2.52. The summed E-state index contributed by atoms with van der Waals surface area (Å²) < 4.78 is 0. The minimum atomic E-state index is -0.629. The average Bonchev–Trinajstić information content (AvgIpc) is 2.24. The van der Waals surface area contributed by atoms with Gasteiger partial charge in [-0.1, -0.05) is 0 Å². The highest BCUT2D eigenvalue weighted by Gasteiger charge is 2.34. The molecule has 0 radical (unpaired) electrons. The number of aryl methyl sites for hydroxylation is 1. The topological polar surface area (TPSA) is 88.3 Å². The Morgan fingerprint density at radius 1 is 1.65 bits per heavy atom. The van der Waals surface area contributed by atoms with Crippen molar-refractivity contribution in [2.45, 2.75) is 31.8 Å². The van der Waals surface area contributed by atoms with Gasteiger partial charge in [0.15, 0.2) is 0 Å². The second-order valence-corrected chi connectivity index (χ2v) is 4.55. The maximum atomic E-state index is 10.5. The fraction of sp³-hybridized carbons (Fsp3) is 0.545. The van der Waals surface area contributed by atoms with Crippen molar-refractivity contribution in [1.82, 2.24) is 4.98 Å². The van der Waals surface area contributed by atoms with E-state index in [2.05, 4.69) is 10.3 Å². The van der Waals surface area contributed by atoms with E-state index >= 15 is 0 Å². The Bertz CT molecular complexity index is 444. The van der Waals surface area contributed by atoms with E-state index in [0.717, 1.165) is 19.3 Å². The van der Waals surface area contributed by atoms with E-state index in [9.17, 15) is 15.2 Å². The molecule has 0 bridgehead atoms. The molecule has 0 atom stereocenters. The van der Waals surface area contributed by atoms with Gasteiger partial charge in [-0.15, -0.1) is 0 Å². The number of nitro groups is 1. The smallest absolute Gasteiger partial charge is 0.287 e. The van der Waals surface area contributed by atoms with Crippen LogP contribution in [-0.4, -0.2) is 27.2 Å². The standard InChI is InChI=1S/C11H15N3O3/c1-8-5-9(14(16)17)6-12-10(8)13-7-11(15)3-2-4-11/h5-6,15H,2-4,7H2,1H3,(H,12,13). The van der Waals surface area contributed by atoms with Crippen LogP contribution in [0.5, 0.6) is 0 Å². The molecule has 17 heavy (non-hydrogen) atoms. The number of pyridine rings is 1. The van der Waals surface area contributed by atoms with Crippen LogP contribution in [0, 0.1) is 17.0 Å². The summed E-state index contributed by atoms with van der Waals surface area (Å²) in [4.78, 5) is 14.1. The van der Waals surface area contributed by atoms with Crippen molar-refractivity contribution in [2.75, 3.05) is 11.9 Å². The Labute approximate surface area is 98.8 Å². The van der Waals surface area contributed by atoms with Gasteiger partial charge in [0, 0.05) is 12.6 Å². The first-order valence-corrected chi connectivity index (χ1v) is 5.57. The first-order chi connectivity index (χ1) is 8.00. The molecule has 0 saturated heterocycles. The zero-order chi connectivity index (χ0) is 12.5. The first-order valence-electron chi connectivity index (χ1n) is 5.57. The number of hydrogen-bond acceptors (Lipinski definition) is 5. The fourth-order valence-electron chi connectivity index (χ4n) is 1.85. The molecule has 1 saturated carbocycles. The lowest BCUT2D eigenvalue weighted by molar-refractivity contribution is -0.385. The molecule has 92 valence electrons. The predicted molar refractivity (Wildman–Crippen MR) is 62.9 cm³/mol. The number of rotatable bonds is 4. The highest BCUT2D eigenvalue weighted by Crippen LogP contribution is 2.31. The van der Waals surface area contributed by atoms with Crippen LogP contribution in [0.3, 0.4) is 0 Å². The molecule has 1 aliphatic rings. The molecule has 6 nitrogen and oxygen atoms in total. The van der Waals surface area contributed by atoms with Crippen molar-refractivity contribution < 1.29 is 10.0 Å². The summed E-state index contributed by atoms with van der Waals surface area (Å²) in [5, 5.41) is 23.5. The molecule has 1 fully saturated rings. The van der Waals surface area contributed by atoms with Crippen molar-refractivity contribution in [3.63, 3.8) is 0 Å². The minimum absolute atomic E-state index is 0.0181. The molecule has 1 aromatic heterocycles. The zero-order valence-electron chi connectivity index (χ0n) is 9.64. The lowest BCUT2D eigenvalue weighted by Crippen LogP contribution is -2.43. The van der Waals surface area contributed by atoms with E-state index in [4.69, 9.17) is 0 Å². The van der Waals surface area contributed by atoms with Crippen molar-refractivity contribution >= 4 is 11.5 Å². The van der Waals surface area contributed by atoms with Crippen molar-refractivity contribution in [2.24, 2.45) is 0 Å². The summed E-state index contributed by atoms with van der Waals surface area (Å²) in [6.45, 7) is 2.20. The van der Waals surface area contributed by atoms with E-state index in [1.807, 2.05) is 0 Å². The van der Waals surface area contributed by atoms with Gasteiger partial charge in [-0.3, -0.25) is 10.1 Å². The Kier molecular flexibility index (Phi) is 2.97. The summed E-state index contributed by atoms with van der Waals surface area (Å²) in [6.07, 6.45) is 3.86. The van der Waals surface area contributed by atoms with E-state index in [1.54, 1.807) is 6.92 Å². The third-order valence-corrected chi connectivity index (χ3v) is 3.14. The second kappa shape index (κ2) is 4.29. The molecular formula is C11H15N3O3. The molecule has 0 unspecified atom stereocenters. The van der Waals surface area contributed by atoms with Crippen LogP contribution in [0.4, 0.5) is 11.5 Å². The molecule has 2 N–H and O–H groups in total. The van der Waals surface area contributed by atoms with E-state index in [0.29, 0.717) is 17.9 Å². The van der Waals surface area contributed by atoms with E-state index in [1.165, 1.54) is 12.3 Å². The molecule has 0 amide bonds. The molecule has 0 aromatic carbocycles. The SMILES string of the molecule is Cc1cc([N+](=O)[O-])cnc1NCC1(O)CCC1. The Morgan fingerprint density at radius 2 is 2.35 bits per heavy atom. The van der Waals surface area contributed by atoms with Crippen LogP contribution in [0.1, 0.15) is 24.8 Å². The molecule has 0 aliphatic heterocycles. The molecular weight excluding hydrogens is 222 g/mol. The van der Waals surface area contributed by atoms with Crippen LogP contribution in [0.2, 0.25) is 0 Å². The number of anilines is 1. The Morgan fingerprint density at radius 3 is 2.82 bits per heavy atom. The third-order valence-electron chi connectivity index (χ3n) is 3.14. The van der Waals surface area contributed by atoms with Gasteiger partial charge in [-0.25, -0.2) is 4.98 Å². The second-order valence-electron chi connectivity index (χ2n) is 4.55. The molecule has 1 heterocycles. The van der Waals surface area contributed by atoms with Crippen LogP contribution in [0.15, 0.2) is 12.3 Å². The summed E-state index contributed by atoms with van der Waals surface area (Å²) in [6, 6.07) is 1.47. The number of nitrogens with one attached hydrogen (secondary N) is 1. The fourth-order valence-corrected chi connectivity index (χ4v) is 1.85. The van der Waals surface area contributed by atoms with E-state index < -0.39 is 10.5 Å². The van der Waals surface area contributed by atoms with Crippen molar-refractivity contribution in [3.8, 4) is 0 Å². The number of nitrogens with zero attached hydrogens (tertiary/aromatic N) is 2. The summed E-state index contributed by atoms with van der Waals surface area (Å²) in [7, 11) is 0. The lowest BCUT2D eigenvalue weighted by Gasteiger charge is -2.36. The van der Waals surface area contributed by atoms with Gasteiger partial charge >= 0.3 is 0 Å². The quantitative estimate of drug-likeness (QED) is 0.613. The van der Waals surface area contributed by atoms with E-state index in [-0.39, 0.29) is 5.69 Å². The van der Waals surface area contributed by atoms with Gasteiger partial charge in [0.25, 0.3) is 5.69 Å². The molecule has 6 heteroatoms. The lowest BCUT2D eigenvalue weighted by atomic mass is 9.80. The highest BCUT2D eigenvalue weighted by atomic mass is 16.6. The predicted octanol–water partition coefficient (Wildman–Crippen LogP) is 1.63. The first kappa shape index (κ1) is 11.8. The van der Waals surface area contributed by atoms with Gasteiger partial charge in [0.05, 0.1) is 10.5 Å². The van der Waals surface area contributed by atoms with Crippen LogP contribution >= 0.6 is 0 Å². The van der Waals surface area contributed by atoms with Gasteiger partial charge in [-0.2, -0.15) is 0 Å². The van der Waals surface area contributed by atoms with Gasteiger partial charge < -0.3 is 10.4 Å². The largest absolute Gasteiger partial charge is 0.388 e. The molecule has 2 rings (SSSR count). The Hall–Kier alpha value is -1.69. The minimum Gasteiger partial charge on any atom is -0.388 e. The highest BCUT2D eigenvalue weighted by molar-refractivity contribution is 5.48. The number of aliphatic hydroxyl groups is 1. The van der Waals surface area contributed by atoms with Crippen molar-refractivity contribution in [3.05, 3.63) is 27.9 Å². The Balaban J connectivity index is 2.03. The average molecular weight is 237 g/mol. The maximum Gasteiger partial charge on any atom is 0.287 e. The summed E-state index contributed by atoms with van der Waals surface area (Å²) in [5.74, 6) is 0.593. The monoisotopic (exact) mass is 237 g/mol. The van der Waals surface area contributed by atoms with Gasteiger partial charge in [0.2, 0.25) is 0 Å². The molecule has 1 aromatic rings. The van der Waals surface area contributed by atoms with Crippen LogP contribution < -0.4 is 5.32 Å². The van der Waals surface area contributed by atoms with Crippen LogP contribution in [-0.2, 0) is 0 Å². The molecule has 0 spiro atoms. The van der Waals surface area contributed by atoms with Crippen molar-refractivity contribution in [1.29, 1.82) is 0 Å². The van der Waals surface area contributed by atoms with Crippen LogP contribution in [0.25, 0.3) is 0 Å².